The van der Waals surface area contributed by atoms with Crippen molar-refractivity contribution in [1.82, 2.24) is 9.97 Å². The van der Waals surface area contributed by atoms with Crippen molar-refractivity contribution < 1.29 is 27.8 Å². The Morgan fingerprint density at radius 2 is 1.95 bits per heavy atom. The number of aliphatic hydroxyl groups is 1. The maximum absolute atomic E-state index is 15.5. The van der Waals surface area contributed by atoms with Gasteiger partial charge in [0.25, 0.3) is 11.8 Å². The number of hydrogen-bond donors (Lipinski definition) is 1. The molecule has 0 radical (unpaired) electrons. The predicted octanol–water partition coefficient (Wildman–Crippen LogP) is 5.16. The van der Waals surface area contributed by atoms with Crippen molar-refractivity contribution in [2.45, 2.75) is 45.6 Å². The molecule has 12 heteroatoms. The number of carbonyl (C=O) groups excluding carboxylic acids is 1. The number of nitriles is 1. The number of halogens is 3. The number of alkyl halides is 2. The summed E-state index contributed by atoms with van der Waals surface area (Å²) in [5, 5.41) is 18.8. The Morgan fingerprint density at radius 3 is 2.58 bits per heavy atom. The number of nitrogens with zero attached hydrogens (tertiary/aromatic N) is 5. The van der Waals surface area contributed by atoms with Crippen molar-refractivity contribution >= 4 is 45.5 Å². The van der Waals surface area contributed by atoms with Gasteiger partial charge in [-0.15, -0.1) is 0 Å². The number of ether oxygens (including phenoxy) is 1. The van der Waals surface area contributed by atoms with E-state index in [1.54, 1.807) is 26.8 Å². The summed E-state index contributed by atoms with van der Waals surface area (Å²) in [7, 11) is 0. The molecule has 0 spiro atoms. The Morgan fingerprint density at radius 1 is 1.23 bits per heavy atom. The summed E-state index contributed by atoms with van der Waals surface area (Å²) in [6.07, 6.45) is 2.25. The number of amides is 1. The van der Waals surface area contributed by atoms with E-state index in [0.29, 0.717) is 18.3 Å². The number of allylic oxidation sites excluding steroid dienone is 2. The molecular formula is C28H26F3N5O3S. The summed E-state index contributed by atoms with van der Waals surface area (Å²) in [5.74, 6) is -4.33. The minimum atomic E-state index is -3.47. The van der Waals surface area contributed by atoms with Gasteiger partial charge in [0.05, 0.1) is 29.3 Å². The third-order valence-electron chi connectivity index (χ3n) is 6.44. The van der Waals surface area contributed by atoms with E-state index in [0.717, 1.165) is 11.0 Å². The van der Waals surface area contributed by atoms with Crippen LogP contribution in [0.2, 0.25) is 0 Å². The summed E-state index contributed by atoms with van der Waals surface area (Å²) in [5.41, 5.74) is -1.97. The molecule has 2 aromatic carbocycles. The van der Waals surface area contributed by atoms with E-state index < -0.39 is 28.7 Å². The standard InChI is InChI=1S/C28H26F3N5O3S/c1-5-9-28(30,31)20-13-17(8-7-16(20)15-32)35-25(38)27(3,4)36(26(35)40)18-12-19-23(21(29)14-18)33-22(6-2)34-24(19)39-11-10-37/h5,7-9,12-14,37H,6,10-11H2,1-4H3/b9-5+. The molecule has 0 bridgehead atoms. The Bertz CT molecular complexity index is 1590. The number of carbonyl (C=O) groups is 1. The van der Waals surface area contributed by atoms with E-state index in [1.807, 2.05) is 0 Å². The summed E-state index contributed by atoms with van der Waals surface area (Å²) in [6, 6.07) is 8.09. The van der Waals surface area contributed by atoms with Crippen LogP contribution in [0, 0.1) is 17.1 Å². The number of aromatic nitrogens is 2. The quantitative estimate of drug-likeness (QED) is 0.293. The van der Waals surface area contributed by atoms with Gasteiger partial charge in [0, 0.05) is 17.7 Å². The summed E-state index contributed by atoms with van der Waals surface area (Å²) in [6.45, 7) is 6.00. The van der Waals surface area contributed by atoms with Crippen LogP contribution in [0.5, 0.6) is 5.88 Å². The Hall–Kier alpha value is -4.08. The molecule has 4 rings (SSSR count). The topological polar surface area (TPSA) is 103 Å². The third kappa shape index (κ3) is 4.87. The molecule has 3 aromatic rings. The van der Waals surface area contributed by atoms with Crippen molar-refractivity contribution in [3.05, 3.63) is 65.3 Å². The molecule has 40 heavy (non-hydrogen) atoms. The molecule has 208 valence electrons. The lowest BCUT2D eigenvalue weighted by Crippen LogP contribution is -2.44. The van der Waals surface area contributed by atoms with Crippen molar-refractivity contribution in [1.29, 1.82) is 5.26 Å². The molecule has 0 saturated carbocycles. The van der Waals surface area contributed by atoms with Crippen LogP contribution in [0.15, 0.2) is 42.5 Å². The number of benzene rings is 2. The highest BCUT2D eigenvalue weighted by Crippen LogP contribution is 2.41. The van der Waals surface area contributed by atoms with Crippen molar-refractivity contribution in [2.24, 2.45) is 0 Å². The monoisotopic (exact) mass is 569 g/mol. The van der Waals surface area contributed by atoms with E-state index >= 15 is 4.39 Å². The number of hydrogen-bond acceptors (Lipinski definition) is 7. The zero-order valence-corrected chi connectivity index (χ0v) is 23.0. The summed E-state index contributed by atoms with van der Waals surface area (Å²) >= 11 is 5.66. The minimum absolute atomic E-state index is 0.00223. The second-order valence-electron chi connectivity index (χ2n) is 9.48. The van der Waals surface area contributed by atoms with E-state index in [4.69, 9.17) is 17.0 Å². The Balaban J connectivity index is 1.86. The number of thiocarbonyl (C=S) groups is 1. The zero-order chi connectivity index (χ0) is 29.4. The molecule has 1 aliphatic heterocycles. The van der Waals surface area contributed by atoms with E-state index in [9.17, 15) is 23.9 Å². The highest BCUT2D eigenvalue weighted by Gasteiger charge is 2.51. The second-order valence-corrected chi connectivity index (χ2v) is 9.84. The molecule has 0 atom stereocenters. The number of aryl methyl sites for hydroxylation is 1. The Labute approximate surface area is 234 Å². The molecule has 1 N–H and O–H groups in total. The molecule has 1 aromatic heterocycles. The first-order valence-corrected chi connectivity index (χ1v) is 12.8. The Kier molecular flexibility index (Phi) is 7.83. The van der Waals surface area contributed by atoms with Gasteiger partial charge in [-0.25, -0.2) is 9.37 Å². The fourth-order valence-corrected chi connectivity index (χ4v) is 5.05. The highest BCUT2D eigenvalue weighted by molar-refractivity contribution is 7.81. The lowest BCUT2D eigenvalue weighted by Gasteiger charge is -2.29. The van der Waals surface area contributed by atoms with Gasteiger partial charge in [0.1, 0.15) is 23.5 Å². The highest BCUT2D eigenvalue weighted by atomic mass is 32.1. The molecule has 1 aliphatic rings. The maximum Gasteiger partial charge on any atom is 0.293 e. The van der Waals surface area contributed by atoms with Crippen molar-refractivity contribution in [2.75, 3.05) is 23.0 Å². The van der Waals surface area contributed by atoms with Crippen LogP contribution in [0.3, 0.4) is 0 Å². The first-order valence-electron chi connectivity index (χ1n) is 12.4. The third-order valence-corrected chi connectivity index (χ3v) is 6.80. The van der Waals surface area contributed by atoms with E-state index in [2.05, 4.69) is 9.97 Å². The van der Waals surface area contributed by atoms with Gasteiger partial charge in [-0.3, -0.25) is 9.69 Å². The van der Waals surface area contributed by atoms with Gasteiger partial charge < -0.3 is 14.7 Å². The average molecular weight is 570 g/mol. The van der Waals surface area contributed by atoms with Gasteiger partial charge in [-0.05, 0) is 69.4 Å². The number of rotatable bonds is 8. The fraction of sp³-hybridized carbons (Fsp3) is 0.321. The van der Waals surface area contributed by atoms with Gasteiger partial charge in [-0.2, -0.15) is 19.0 Å². The smallest absolute Gasteiger partial charge is 0.293 e. The van der Waals surface area contributed by atoms with Gasteiger partial charge in [0.2, 0.25) is 5.88 Å². The van der Waals surface area contributed by atoms with E-state index in [-0.39, 0.29) is 52.0 Å². The van der Waals surface area contributed by atoms with Crippen LogP contribution in [-0.4, -0.2) is 44.8 Å². The van der Waals surface area contributed by atoms with Gasteiger partial charge in [-0.1, -0.05) is 13.0 Å². The lowest BCUT2D eigenvalue weighted by molar-refractivity contribution is -0.120. The first-order chi connectivity index (χ1) is 18.9. The lowest BCUT2D eigenvalue weighted by atomic mass is 9.99. The van der Waals surface area contributed by atoms with Crippen molar-refractivity contribution in [3.8, 4) is 11.9 Å². The SMILES string of the molecule is C/C=C/C(F)(F)c1cc(N2C(=O)C(C)(C)N(c3cc(F)c4nc(CC)nc(OCCO)c4c3)C2=S)ccc1C#N. The summed E-state index contributed by atoms with van der Waals surface area (Å²) < 4.78 is 50.8. The molecular weight excluding hydrogens is 543 g/mol. The van der Waals surface area contributed by atoms with Crippen LogP contribution in [0.25, 0.3) is 10.9 Å². The molecule has 1 fully saturated rings. The molecule has 0 aliphatic carbocycles. The van der Waals surface area contributed by atoms with Crippen molar-refractivity contribution in [3.63, 3.8) is 0 Å². The number of fused-ring (bicyclic) bond motifs is 1. The second kappa shape index (κ2) is 10.8. The largest absolute Gasteiger partial charge is 0.475 e. The molecule has 1 amide bonds. The summed E-state index contributed by atoms with van der Waals surface area (Å²) in [4.78, 5) is 24.8. The molecule has 1 saturated heterocycles. The normalized spacial score (nSPS) is 15.4. The molecule has 8 nitrogen and oxygen atoms in total. The maximum atomic E-state index is 15.5. The van der Waals surface area contributed by atoms with Gasteiger partial charge >= 0.3 is 0 Å². The van der Waals surface area contributed by atoms with Crippen LogP contribution in [-0.2, 0) is 17.1 Å². The average Bonchev–Trinajstić information content (AvgIpc) is 3.09. The minimum Gasteiger partial charge on any atom is -0.475 e. The van der Waals surface area contributed by atoms with Crippen LogP contribution in [0.4, 0.5) is 24.5 Å². The number of aliphatic hydroxyl groups excluding tert-OH is 1. The van der Waals surface area contributed by atoms with E-state index in [1.165, 1.54) is 42.2 Å². The first kappa shape index (κ1) is 28.9. The zero-order valence-electron chi connectivity index (χ0n) is 22.2. The van der Waals surface area contributed by atoms with Gasteiger partial charge in [0.15, 0.2) is 10.9 Å². The predicted molar refractivity (Wildman–Crippen MR) is 148 cm³/mol. The number of anilines is 2. The van der Waals surface area contributed by atoms with Crippen LogP contribution < -0.4 is 14.5 Å². The van der Waals surface area contributed by atoms with Crippen LogP contribution in [0.1, 0.15) is 44.6 Å². The fourth-order valence-electron chi connectivity index (χ4n) is 4.53. The molecule has 2 heterocycles. The molecule has 0 unspecified atom stereocenters. The van der Waals surface area contributed by atoms with Crippen LogP contribution >= 0.6 is 12.2 Å².